The van der Waals surface area contributed by atoms with Gasteiger partial charge in [0.1, 0.15) is 11.3 Å². The van der Waals surface area contributed by atoms with Gasteiger partial charge in [0.05, 0.1) is 6.10 Å². The number of carbonyl (C=O) groups is 1. The first-order valence-electron chi connectivity index (χ1n) is 11.2. The predicted molar refractivity (Wildman–Crippen MR) is 139 cm³/mol. The van der Waals surface area contributed by atoms with Gasteiger partial charge in [0, 0.05) is 16.8 Å². The summed E-state index contributed by atoms with van der Waals surface area (Å²) in [4.78, 5) is 17.3. The minimum atomic E-state index is -0.296. The van der Waals surface area contributed by atoms with E-state index < -0.39 is 0 Å². The fourth-order valence-corrected chi connectivity index (χ4v) is 3.69. The van der Waals surface area contributed by atoms with Gasteiger partial charge in [0.2, 0.25) is 5.89 Å². The topological polar surface area (TPSA) is 76.4 Å². The number of nitrogens with one attached hydrogen (secondary N) is 2. The lowest BCUT2D eigenvalue weighted by Crippen LogP contribution is -2.34. The van der Waals surface area contributed by atoms with Crippen molar-refractivity contribution in [2.24, 2.45) is 0 Å². The number of rotatable bonds is 6. The summed E-state index contributed by atoms with van der Waals surface area (Å²) in [7, 11) is 0. The second-order valence-electron chi connectivity index (χ2n) is 8.24. The Hall–Kier alpha value is -3.71. The number of ether oxygens (including phenoxy) is 1. The molecule has 3 aromatic carbocycles. The molecule has 0 fully saturated rings. The van der Waals surface area contributed by atoms with Gasteiger partial charge in [0.15, 0.2) is 10.7 Å². The van der Waals surface area contributed by atoms with Crippen LogP contribution in [-0.2, 0) is 0 Å². The number of oxazole rings is 1. The molecule has 7 heteroatoms. The average molecular weight is 474 g/mol. The molecule has 0 unspecified atom stereocenters. The Labute approximate surface area is 204 Å². The van der Waals surface area contributed by atoms with E-state index in [2.05, 4.69) is 22.5 Å². The van der Waals surface area contributed by atoms with E-state index in [1.165, 1.54) is 0 Å². The van der Waals surface area contributed by atoms with E-state index in [4.69, 9.17) is 21.4 Å². The van der Waals surface area contributed by atoms with Gasteiger partial charge in [-0.3, -0.25) is 10.1 Å². The summed E-state index contributed by atoms with van der Waals surface area (Å²) < 4.78 is 11.7. The van der Waals surface area contributed by atoms with Crippen molar-refractivity contribution in [3.63, 3.8) is 0 Å². The molecule has 0 saturated carbocycles. The number of carbonyl (C=O) groups excluding carboxylic acids is 1. The van der Waals surface area contributed by atoms with Crippen LogP contribution in [0.25, 0.3) is 22.6 Å². The molecule has 2 N–H and O–H groups in total. The third-order valence-electron chi connectivity index (χ3n) is 5.61. The minimum absolute atomic E-state index is 0.120. The number of anilines is 1. The number of benzene rings is 3. The number of thiocarbonyl (C=S) groups is 1. The van der Waals surface area contributed by atoms with Crippen molar-refractivity contribution < 1.29 is 13.9 Å². The maximum Gasteiger partial charge on any atom is 0.257 e. The number of nitrogens with zero attached hydrogens (tertiary/aromatic N) is 1. The van der Waals surface area contributed by atoms with Crippen LogP contribution >= 0.6 is 12.2 Å². The number of hydrogen-bond donors (Lipinski definition) is 2. The molecule has 4 aromatic rings. The zero-order valence-electron chi connectivity index (χ0n) is 19.6. The van der Waals surface area contributed by atoms with Crippen molar-refractivity contribution in [3.05, 3.63) is 77.4 Å². The Balaban J connectivity index is 1.45. The lowest BCUT2D eigenvalue weighted by molar-refractivity contribution is 0.0977. The zero-order chi connectivity index (χ0) is 24.2. The standard InChI is InChI=1S/C27H27N3O3S/c1-5-17(3)32-20-12-10-19(11-13-20)25(31)30-27(34)29-22-8-6-7-21(18(22)4)26-28-23-15-16(2)9-14-24(23)33-26/h6-15,17H,5H2,1-4H3,(H2,29,30,31,34)/t17-/m1/s1. The number of fused-ring (bicyclic) bond motifs is 1. The van der Waals surface area contributed by atoms with Crippen LogP contribution in [0, 0.1) is 13.8 Å². The fourth-order valence-electron chi connectivity index (χ4n) is 3.48. The molecular formula is C27H27N3O3S. The largest absolute Gasteiger partial charge is 0.491 e. The maximum atomic E-state index is 12.6. The molecule has 4 rings (SSSR count). The molecule has 0 radical (unpaired) electrons. The van der Waals surface area contributed by atoms with Crippen LogP contribution in [0.15, 0.2) is 65.1 Å². The van der Waals surface area contributed by atoms with Crippen molar-refractivity contribution in [1.29, 1.82) is 0 Å². The molecule has 174 valence electrons. The molecule has 6 nitrogen and oxygen atoms in total. The number of amides is 1. The summed E-state index contributed by atoms with van der Waals surface area (Å²) in [6.07, 6.45) is 1.03. The van der Waals surface area contributed by atoms with Crippen molar-refractivity contribution in [2.45, 2.75) is 40.2 Å². The van der Waals surface area contributed by atoms with Crippen LogP contribution in [0.2, 0.25) is 0 Å². The quantitative estimate of drug-likeness (QED) is 0.315. The SMILES string of the molecule is CC[C@@H](C)Oc1ccc(C(=O)NC(=S)Nc2cccc(-c3nc4cc(C)ccc4o3)c2C)cc1. The van der Waals surface area contributed by atoms with E-state index in [1.807, 2.05) is 57.2 Å². The third kappa shape index (κ3) is 5.26. The fraction of sp³-hybridized carbons (Fsp3) is 0.222. The smallest absolute Gasteiger partial charge is 0.257 e. The van der Waals surface area contributed by atoms with E-state index >= 15 is 0 Å². The Kier molecular flexibility index (Phi) is 6.93. The molecule has 34 heavy (non-hydrogen) atoms. The van der Waals surface area contributed by atoms with Gasteiger partial charge in [0.25, 0.3) is 5.91 Å². The molecule has 0 saturated heterocycles. The molecule has 1 heterocycles. The Morgan fingerprint density at radius 2 is 1.88 bits per heavy atom. The molecular weight excluding hydrogens is 446 g/mol. The Morgan fingerprint density at radius 3 is 2.62 bits per heavy atom. The van der Waals surface area contributed by atoms with Crippen molar-refractivity contribution in [2.75, 3.05) is 5.32 Å². The highest BCUT2D eigenvalue weighted by Gasteiger charge is 2.15. The van der Waals surface area contributed by atoms with Crippen LogP contribution in [0.4, 0.5) is 5.69 Å². The van der Waals surface area contributed by atoms with Crippen molar-refractivity contribution in [1.82, 2.24) is 10.3 Å². The van der Waals surface area contributed by atoms with Crippen LogP contribution < -0.4 is 15.4 Å². The van der Waals surface area contributed by atoms with Crippen LogP contribution in [0.1, 0.15) is 41.8 Å². The van der Waals surface area contributed by atoms with Crippen LogP contribution in [0.3, 0.4) is 0 Å². The van der Waals surface area contributed by atoms with Gasteiger partial charge in [-0.25, -0.2) is 4.98 Å². The number of aromatic nitrogens is 1. The highest BCUT2D eigenvalue weighted by Crippen LogP contribution is 2.30. The maximum absolute atomic E-state index is 12.6. The van der Waals surface area contributed by atoms with E-state index in [-0.39, 0.29) is 17.1 Å². The third-order valence-corrected chi connectivity index (χ3v) is 5.82. The summed E-state index contributed by atoms with van der Waals surface area (Å²) in [6.45, 7) is 8.05. The summed E-state index contributed by atoms with van der Waals surface area (Å²) in [5.41, 5.74) is 5.70. The predicted octanol–water partition coefficient (Wildman–Crippen LogP) is 6.42. The second kappa shape index (κ2) is 10.1. The minimum Gasteiger partial charge on any atom is -0.491 e. The molecule has 0 spiro atoms. The van der Waals surface area contributed by atoms with Gasteiger partial charge in [-0.15, -0.1) is 0 Å². The van der Waals surface area contributed by atoms with Gasteiger partial charge < -0.3 is 14.5 Å². The zero-order valence-corrected chi connectivity index (χ0v) is 20.5. The van der Waals surface area contributed by atoms with Gasteiger partial charge in [-0.05, 0) is 99.1 Å². The molecule has 1 atom stereocenters. The van der Waals surface area contributed by atoms with Gasteiger partial charge >= 0.3 is 0 Å². The van der Waals surface area contributed by atoms with Gasteiger partial charge in [-0.1, -0.05) is 19.1 Å². The van der Waals surface area contributed by atoms with E-state index in [0.717, 1.165) is 45.6 Å². The summed E-state index contributed by atoms with van der Waals surface area (Å²) in [6, 6.07) is 18.7. The van der Waals surface area contributed by atoms with E-state index in [0.29, 0.717) is 11.5 Å². The van der Waals surface area contributed by atoms with Crippen molar-refractivity contribution in [3.8, 4) is 17.2 Å². The first-order chi connectivity index (χ1) is 16.3. The lowest BCUT2D eigenvalue weighted by atomic mass is 10.1. The molecule has 0 aliphatic heterocycles. The Morgan fingerprint density at radius 1 is 1.12 bits per heavy atom. The first-order valence-corrected chi connectivity index (χ1v) is 11.6. The van der Waals surface area contributed by atoms with Crippen molar-refractivity contribution >= 4 is 40.0 Å². The molecule has 0 aliphatic carbocycles. The first kappa shape index (κ1) is 23.4. The molecule has 1 amide bonds. The lowest BCUT2D eigenvalue weighted by Gasteiger charge is -2.14. The normalized spacial score (nSPS) is 11.8. The van der Waals surface area contributed by atoms with Crippen LogP contribution in [0.5, 0.6) is 5.75 Å². The average Bonchev–Trinajstić information content (AvgIpc) is 3.23. The highest BCUT2D eigenvalue weighted by molar-refractivity contribution is 7.80. The van der Waals surface area contributed by atoms with E-state index in [1.54, 1.807) is 24.3 Å². The van der Waals surface area contributed by atoms with Gasteiger partial charge in [-0.2, -0.15) is 0 Å². The number of aryl methyl sites for hydroxylation is 1. The number of hydrogen-bond acceptors (Lipinski definition) is 5. The second-order valence-corrected chi connectivity index (χ2v) is 8.65. The summed E-state index contributed by atoms with van der Waals surface area (Å²) >= 11 is 5.39. The Bertz CT molecular complexity index is 1350. The molecule has 0 aliphatic rings. The highest BCUT2D eigenvalue weighted by atomic mass is 32.1. The summed E-state index contributed by atoms with van der Waals surface area (Å²) in [5.74, 6) is 0.973. The molecule has 0 bridgehead atoms. The van der Waals surface area contributed by atoms with E-state index in [9.17, 15) is 4.79 Å². The van der Waals surface area contributed by atoms with Crippen LogP contribution in [-0.4, -0.2) is 22.1 Å². The summed E-state index contributed by atoms with van der Waals surface area (Å²) in [5, 5.41) is 6.05. The molecule has 1 aromatic heterocycles. The monoisotopic (exact) mass is 473 g/mol.